The summed E-state index contributed by atoms with van der Waals surface area (Å²) in [5, 5.41) is 4.40. The van der Waals surface area contributed by atoms with E-state index in [1.54, 1.807) is 0 Å². The minimum Gasteiger partial charge on any atom is -0.316 e. The average Bonchev–Trinajstić information content (AvgIpc) is 2.94. The summed E-state index contributed by atoms with van der Waals surface area (Å²) >= 11 is 6.21. The zero-order chi connectivity index (χ0) is 11.7. The highest BCUT2D eigenvalue weighted by Gasteiger charge is 2.40. The normalized spacial score (nSPS) is 29.2. The molecule has 2 nitrogen and oxygen atoms in total. The van der Waals surface area contributed by atoms with Crippen molar-refractivity contribution in [3.05, 3.63) is 34.9 Å². The molecule has 3 heteroatoms. The van der Waals surface area contributed by atoms with Crippen LogP contribution in [0.2, 0.25) is 5.02 Å². The number of benzene rings is 1. The van der Waals surface area contributed by atoms with E-state index in [1.807, 2.05) is 12.1 Å². The van der Waals surface area contributed by atoms with Crippen LogP contribution in [0.25, 0.3) is 0 Å². The van der Waals surface area contributed by atoms with Gasteiger partial charge in [0.15, 0.2) is 0 Å². The van der Waals surface area contributed by atoms with Crippen LogP contribution in [0.5, 0.6) is 0 Å². The van der Waals surface area contributed by atoms with E-state index < -0.39 is 0 Å². The average molecular weight is 251 g/mol. The predicted molar refractivity (Wildman–Crippen MR) is 71.3 cm³/mol. The molecule has 0 radical (unpaired) electrons. The molecular weight excluding hydrogens is 232 g/mol. The molecule has 2 aliphatic heterocycles. The minimum absolute atomic E-state index is 0.557. The van der Waals surface area contributed by atoms with Gasteiger partial charge in [-0.1, -0.05) is 29.8 Å². The molecule has 2 fully saturated rings. The third kappa shape index (κ3) is 2.35. The molecule has 1 aromatic rings. The molecule has 2 aliphatic rings. The monoisotopic (exact) mass is 250 g/mol. The van der Waals surface area contributed by atoms with Crippen LogP contribution in [0.4, 0.5) is 0 Å². The van der Waals surface area contributed by atoms with Gasteiger partial charge in [-0.3, -0.25) is 4.90 Å². The molecular formula is C14H19ClN2. The highest BCUT2D eigenvalue weighted by Crippen LogP contribution is 2.36. The Morgan fingerprint density at radius 1 is 1.29 bits per heavy atom. The lowest BCUT2D eigenvalue weighted by Crippen LogP contribution is -2.29. The Labute approximate surface area is 108 Å². The smallest absolute Gasteiger partial charge is 0.0451 e. The molecule has 1 aromatic carbocycles. The van der Waals surface area contributed by atoms with Gasteiger partial charge in [0.1, 0.15) is 0 Å². The number of rotatable bonds is 2. The number of nitrogens with zero attached hydrogens (tertiary/aromatic N) is 1. The summed E-state index contributed by atoms with van der Waals surface area (Å²) in [6.07, 6.45) is 2.68. The van der Waals surface area contributed by atoms with Crippen LogP contribution in [-0.2, 0) is 6.54 Å². The van der Waals surface area contributed by atoms with Gasteiger partial charge in [-0.25, -0.2) is 0 Å². The summed E-state index contributed by atoms with van der Waals surface area (Å²) in [5.74, 6) is 0. The van der Waals surface area contributed by atoms with Crippen LogP contribution >= 0.6 is 11.6 Å². The molecule has 1 N–H and O–H groups in total. The molecule has 17 heavy (non-hydrogen) atoms. The predicted octanol–water partition coefficient (Wildman–Crippen LogP) is 2.53. The number of nitrogens with one attached hydrogen (secondary N) is 1. The molecule has 3 rings (SSSR count). The van der Waals surface area contributed by atoms with E-state index in [4.69, 9.17) is 11.6 Å². The summed E-state index contributed by atoms with van der Waals surface area (Å²) in [5.41, 5.74) is 1.82. The SMILES string of the molecule is Clc1ccccc1CN1CCC2(CCNC2)C1. The van der Waals surface area contributed by atoms with Gasteiger partial charge in [-0.05, 0) is 43.0 Å². The Morgan fingerprint density at radius 3 is 2.94 bits per heavy atom. The van der Waals surface area contributed by atoms with Gasteiger partial charge in [0, 0.05) is 24.7 Å². The largest absolute Gasteiger partial charge is 0.316 e. The molecule has 0 aromatic heterocycles. The molecule has 2 saturated heterocycles. The van der Waals surface area contributed by atoms with E-state index in [1.165, 1.54) is 44.6 Å². The summed E-state index contributed by atoms with van der Waals surface area (Å²) in [6.45, 7) is 5.84. The first-order valence-electron chi connectivity index (χ1n) is 6.44. The molecule has 0 saturated carbocycles. The van der Waals surface area contributed by atoms with Gasteiger partial charge >= 0.3 is 0 Å². The van der Waals surface area contributed by atoms with E-state index in [0.29, 0.717) is 5.41 Å². The Morgan fingerprint density at radius 2 is 2.18 bits per heavy atom. The second-order valence-electron chi connectivity index (χ2n) is 5.48. The minimum atomic E-state index is 0.557. The molecule has 2 heterocycles. The van der Waals surface area contributed by atoms with Crippen molar-refractivity contribution in [3.8, 4) is 0 Å². The Bertz CT molecular complexity index is 399. The number of halogens is 1. The van der Waals surface area contributed by atoms with Crippen LogP contribution < -0.4 is 5.32 Å². The highest BCUT2D eigenvalue weighted by molar-refractivity contribution is 6.31. The van der Waals surface area contributed by atoms with Crippen molar-refractivity contribution in [2.45, 2.75) is 19.4 Å². The molecule has 0 aliphatic carbocycles. The lowest BCUT2D eigenvalue weighted by atomic mass is 9.86. The Balaban J connectivity index is 1.66. The van der Waals surface area contributed by atoms with Crippen LogP contribution in [-0.4, -0.2) is 31.1 Å². The van der Waals surface area contributed by atoms with Crippen molar-refractivity contribution < 1.29 is 0 Å². The molecule has 1 spiro atoms. The van der Waals surface area contributed by atoms with E-state index in [2.05, 4.69) is 22.3 Å². The fourth-order valence-electron chi connectivity index (χ4n) is 3.17. The first-order valence-corrected chi connectivity index (χ1v) is 6.82. The summed E-state index contributed by atoms with van der Waals surface area (Å²) in [7, 11) is 0. The second-order valence-corrected chi connectivity index (χ2v) is 5.89. The molecule has 0 bridgehead atoms. The first kappa shape index (κ1) is 11.5. The van der Waals surface area contributed by atoms with Crippen molar-refractivity contribution >= 4 is 11.6 Å². The third-order valence-corrected chi connectivity index (χ3v) is 4.57. The van der Waals surface area contributed by atoms with Crippen molar-refractivity contribution in [3.63, 3.8) is 0 Å². The van der Waals surface area contributed by atoms with Crippen LogP contribution in [0, 0.1) is 5.41 Å². The van der Waals surface area contributed by atoms with Crippen LogP contribution in [0.1, 0.15) is 18.4 Å². The van der Waals surface area contributed by atoms with E-state index >= 15 is 0 Å². The maximum absolute atomic E-state index is 6.21. The fourth-order valence-corrected chi connectivity index (χ4v) is 3.37. The van der Waals surface area contributed by atoms with E-state index in [-0.39, 0.29) is 0 Å². The maximum atomic E-state index is 6.21. The number of hydrogen-bond donors (Lipinski definition) is 1. The molecule has 0 amide bonds. The van der Waals surface area contributed by atoms with E-state index in [9.17, 15) is 0 Å². The fraction of sp³-hybridized carbons (Fsp3) is 0.571. The molecule has 92 valence electrons. The summed E-state index contributed by atoms with van der Waals surface area (Å²) < 4.78 is 0. The van der Waals surface area contributed by atoms with Crippen LogP contribution in [0.15, 0.2) is 24.3 Å². The van der Waals surface area contributed by atoms with Gasteiger partial charge in [0.2, 0.25) is 0 Å². The Kier molecular flexibility index (Phi) is 3.12. The second kappa shape index (κ2) is 4.60. The lowest BCUT2D eigenvalue weighted by molar-refractivity contribution is 0.269. The van der Waals surface area contributed by atoms with Gasteiger partial charge in [0.25, 0.3) is 0 Å². The number of hydrogen-bond acceptors (Lipinski definition) is 2. The third-order valence-electron chi connectivity index (χ3n) is 4.20. The van der Waals surface area contributed by atoms with Crippen molar-refractivity contribution in [1.29, 1.82) is 0 Å². The van der Waals surface area contributed by atoms with Gasteiger partial charge in [0.05, 0.1) is 0 Å². The summed E-state index contributed by atoms with van der Waals surface area (Å²) in [4.78, 5) is 2.55. The highest BCUT2D eigenvalue weighted by atomic mass is 35.5. The van der Waals surface area contributed by atoms with E-state index in [0.717, 1.165) is 11.6 Å². The quantitative estimate of drug-likeness (QED) is 0.868. The van der Waals surface area contributed by atoms with Crippen molar-refractivity contribution in [2.24, 2.45) is 5.41 Å². The van der Waals surface area contributed by atoms with Gasteiger partial charge in [-0.15, -0.1) is 0 Å². The molecule has 1 atom stereocenters. The van der Waals surface area contributed by atoms with Crippen molar-refractivity contribution in [1.82, 2.24) is 10.2 Å². The maximum Gasteiger partial charge on any atom is 0.0451 e. The van der Waals surface area contributed by atoms with Crippen LogP contribution in [0.3, 0.4) is 0 Å². The van der Waals surface area contributed by atoms with Gasteiger partial charge in [-0.2, -0.15) is 0 Å². The topological polar surface area (TPSA) is 15.3 Å². The summed E-state index contributed by atoms with van der Waals surface area (Å²) in [6, 6.07) is 8.20. The zero-order valence-corrected chi connectivity index (χ0v) is 10.8. The van der Waals surface area contributed by atoms with Gasteiger partial charge < -0.3 is 5.32 Å². The Hall–Kier alpha value is -0.570. The number of likely N-dealkylation sites (tertiary alicyclic amines) is 1. The first-order chi connectivity index (χ1) is 8.27. The zero-order valence-electron chi connectivity index (χ0n) is 10.1. The lowest BCUT2D eigenvalue weighted by Gasteiger charge is -2.23. The van der Waals surface area contributed by atoms with Crippen molar-refractivity contribution in [2.75, 3.05) is 26.2 Å². The standard InChI is InChI=1S/C14H19ClN2/c15-13-4-2-1-3-12(13)9-17-8-6-14(11-17)5-7-16-10-14/h1-4,16H,5-11H2. The molecule has 1 unspecified atom stereocenters.